The number of ether oxygens (including phenoxy) is 1. The van der Waals surface area contributed by atoms with Crippen molar-refractivity contribution < 1.29 is 9.84 Å². The quantitative estimate of drug-likeness (QED) is 0.653. The molecular weight excluding hydrogens is 298 g/mol. The zero-order valence-corrected chi connectivity index (χ0v) is 13.5. The van der Waals surface area contributed by atoms with Gasteiger partial charge in [-0.2, -0.15) is 0 Å². The molecule has 0 bridgehead atoms. The summed E-state index contributed by atoms with van der Waals surface area (Å²) in [5.41, 5.74) is 3.21. The standard InChI is InChI=1S/C16H19N3O2S/c1-21-13-5-3-4-10-6-7-12(14(10)13)18-15-11(9-20)8-17-16(19-15)22-2/h3-5,8,12,20H,6-7,9H2,1-2H3,(H,17,18,19). The molecule has 3 rings (SSSR count). The largest absolute Gasteiger partial charge is 0.496 e. The minimum Gasteiger partial charge on any atom is -0.496 e. The third-order valence-electron chi connectivity index (χ3n) is 3.93. The fraction of sp³-hybridized carbons (Fsp3) is 0.375. The van der Waals surface area contributed by atoms with Crippen LogP contribution in [-0.4, -0.2) is 28.4 Å². The molecule has 1 atom stereocenters. The molecule has 0 spiro atoms. The molecular formula is C16H19N3O2S. The van der Waals surface area contributed by atoms with E-state index in [0.29, 0.717) is 16.5 Å². The predicted octanol–water partition coefficient (Wildman–Crippen LogP) is 2.80. The third kappa shape index (κ3) is 2.76. The number of nitrogens with zero attached hydrogens (tertiary/aromatic N) is 2. The van der Waals surface area contributed by atoms with Gasteiger partial charge in [-0.3, -0.25) is 0 Å². The minimum absolute atomic E-state index is 0.0809. The molecule has 22 heavy (non-hydrogen) atoms. The van der Waals surface area contributed by atoms with E-state index < -0.39 is 0 Å². The van der Waals surface area contributed by atoms with Crippen molar-refractivity contribution >= 4 is 17.6 Å². The van der Waals surface area contributed by atoms with Gasteiger partial charge in [0.2, 0.25) is 0 Å². The minimum atomic E-state index is -0.0809. The number of benzene rings is 1. The van der Waals surface area contributed by atoms with E-state index in [1.54, 1.807) is 13.3 Å². The summed E-state index contributed by atoms with van der Waals surface area (Å²) in [5, 5.41) is 13.7. The van der Waals surface area contributed by atoms with Crippen LogP contribution in [0.4, 0.5) is 5.82 Å². The molecule has 0 saturated carbocycles. The lowest BCUT2D eigenvalue weighted by Gasteiger charge is -2.19. The Kier molecular flexibility index (Phi) is 4.49. The summed E-state index contributed by atoms with van der Waals surface area (Å²) in [7, 11) is 1.70. The normalized spacial score (nSPS) is 16.4. The Morgan fingerprint density at radius 1 is 1.45 bits per heavy atom. The van der Waals surface area contributed by atoms with Crippen LogP contribution in [-0.2, 0) is 13.0 Å². The highest BCUT2D eigenvalue weighted by Crippen LogP contribution is 2.40. The van der Waals surface area contributed by atoms with Gasteiger partial charge in [-0.05, 0) is 30.7 Å². The summed E-state index contributed by atoms with van der Waals surface area (Å²) in [6.07, 6.45) is 5.61. The molecule has 1 aromatic heterocycles. The van der Waals surface area contributed by atoms with Gasteiger partial charge in [0, 0.05) is 17.3 Å². The number of anilines is 1. The van der Waals surface area contributed by atoms with Crippen molar-refractivity contribution in [3.8, 4) is 5.75 Å². The molecule has 2 N–H and O–H groups in total. The Hall–Kier alpha value is -1.79. The Balaban J connectivity index is 1.93. The molecule has 1 aromatic carbocycles. The number of methoxy groups -OCH3 is 1. The van der Waals surface area contributed by atoms with Crippen LogP contribution in [0.15, 0.2) is 29.6 Å². The summed E-state index contributed by atoms with van der Waals surface area (Å²) in [6.45, 7) is -0.0809. The highest BCUT2D eigenvalue weighted by atomic mass is 32.2. The molecule has 1 heterocycles. The first-order valence-corrected chi connectivity index (χ1v) is 8.42. The molecule has 5 nitrogen and oxygen atoms in total. The summed E-state index contributed by atoms with van der Waals surface area (Å²) in [4.78, 5) is 8.70. The lowest BCUT2D eigenvalue weighted by Crippen LogP contribution is -2.12. The van der Waals surface area contributed by atoms with E-state index in [1.165, 1.54) is 22.9 Å². The molecule has 2 aromatic rings. The van der Waals surface area contributed by atoms with E-state index in [1.807, 2.05) is 18.4 Å². The summed E-state index contributed by atoms with van der Waals surface area (Å²) < 4.78 is 5.50. The zero-order valence-electron chi connectivity index (χ0n) is 12.7. The van der Waals surface area contributed by atoms with Gasteiger partial charge in [-0.25, -0.2) is 9.97 Å². The number of aliphatic hydroxyl groups excluding tert-OH is 1. The second-order valence-corrected chi connectivity index (χ2v) is 5.93. The summed E-state index contributed by atoms with van der Waals surface area (Å²) in [5.74, 6) is 1.60. The van der Waals surface area contributed by atoms with Gasteiger partial charge in [-0.15, -0.1) is 0 Å². The number of fused-ring (bicyclic) bond motifs is 1. The molecule has 1 aliphatic carbocycles. The van der Waals surface area contributed by atoms with Crippen LogP contribution in [0.2, 0.25) is 0 Å². The van der Waals surface area contributed by atoms with Crippen molar-refractivity contribution in [2.24, 2.45) is 0 Å². The number of aryl methyl sites for hydroxylation is 1. The topological polar surface area (TPSA) is 67.3 Å². The van der Waals surface area contributed by atoms with Crippen LogP contribution in [0.5, 0.6) is 5.75 Å². The molecule has 0 fully saturated rings. The van der Waals surface area contributed by atoms with E-state index in [0.717, 1.165) is 18.6 Å². The maximum atomic E-state index is 9.50. The number of aliphatic hydroxyl groups is 1. The first kappa shape index (κ1) is 15.1. The van der Waals surface area contributed by atoms with E-state index >= 15 is 0 Å². The molecule has 116 valence electrons. The second kappa shape index (κ2) is 6.54. The van der Waals surface area contributed by atoms with Crippen LogP contribution in [0, 0.1) is 0 Å². The van der Waals surface area contributed by atoms with Gasteiger partial charge < -0.3 is 15.2 Å². The smallest absolute Gasteiger partial charge is 0.189 e. The first-order chi connectivity index (χ1) is 10.8. The van der Waals surface area contributed by atoms with Crippen LogP contribution in [0.3, 0.4) is 0 Å². The lowest BCUT2D eigenvalue weighted by atomic mass is 10.1. The number of nitrogens with one attached hydrogen (secondary N) is 1. The summed E-state index contributed by atoms with van der Waals surface area (Å²) >= 11 is 1.48. The van der Waals surface area contributed by atoms with E-state index in [9.17, 15) is 5.11 Å². The van der Waals surface area contributed by atoms with Crippen molar-refractivity contribution in [3.63, 3.8) is 0 Å². The first-order valence-electron chi connectivity index (χ1n) is 7.20. The van der Waals surface area contributed by atoms with Crippen molar-refractivity contribution in [1.82, 2.24) is 9.97 Å². The van der Waals surface area contributed by atoms with Crippen LogP contribution < -0.4 is 10.1 Å². The predicted molar refractivity (Wildman–Crippen MR) is 87.4 cm³/mol. The lowest BCUT2D eigenvalue weighted by molar-refractivity contribution is 0.281. The number of aromatic nitrogens is 2. The van der Waals surface area contributed by atoms with Crippen molar-refractivity contribution in [2.45, 2.75) is 30.6 Å². The van der Waals surface area contributed by atoms with E-state index in [4.69, 9.17) is 4.74 Å². The Bertz CT molecular complexity index is 678. The van der Waals surface area contributed by atoms with Crippen LogP contribution in [0.1, 0.15) is 29.2 Å². The molecule has 6 heteroatoms. The van der Waals surface area contributed by atoms with E-state index in [2.05, 4.69) is 21.4 Å². The molecule has 0 saturated heterocycles. The van der Waals surface area contributed by atoms with Gasteiger partial charge in [-0.1, -0.05) is 23.9 Å². The second-order valence-electron chi connectivity index (χ2n) is 5.16. The van der Waals surface area contributed by atoms with Gasteiger partial charge in [0.05, 0.1) is 19.8 Å². The maximum absolute atomic E-state index is 9.50. The summed E-state index contributed by atoms with van der Waals surface area (Å²) in [6, 6.07) is 6.29. The average molecular weight is 317 g/mol. The molecule has 1 aliphatic rings. The van der Waals surface area contributed by atoms with Gasteiger partial charge in [0.1, 0.15) is 11.6 Å². The Labute approximate surface area is 134 Å². The fourth-order valence-corrected chi connectivity index (χ4v) is 3.20. The molecule has 0 aliphatic heterocycles. The van der Waals surface area contributed by atoms with Gasteiger partial charge in [0.15, 0.2) is 5.16 Å². The van der Waals surface area contributed by atoms with Crippen molar-refractivity contribution in [2.75, 3.05) is 18.7 Å². The van der Waals surface area contributed by atoms with E-state index in [-0.39, 0.29) is 12.6 Å². The van der Waals surface area contributed by atoms with Crippen LogP contribution in [0.25, 0.3) is 0 Å². The van der Waals surface area contributed by atoms with Crippen LogP contribution >= 0.6 is 11.8 Å². The highest BCUT2D eigenvalue weighted by Gasteiger charge is 2.27. The van der Waals surface area contributed by atoms with Crippen molar-refractivity contribution in [1.29, 1.82) is 0 Å². The number of hydrogen-bond acceptors (Lipinski definition) is 6. The zero-order chi connectivity index (χ0) is 15.5. The Morgan fingerprint density at radius 2 is 2.32 bits per heavy atom. The fourth-order valence-electron chi connectivity index (χ4n) is 2.86. The number of hydrogen-bond donors (Lipinski definition) is 2. The average Bonchev–Trinajstić information content (AvgIpc) is 2.98. The highest BCUT2D eigenvalue weighted by molar-refractivity contribution is 7.98. The SMILES string of the molecule is COc1cccc2c1C(Nc1nc(SC)ncc1CO)CC2. The Morgan fingerprint density at radius 3 is 3.05 bits per heavy atom. The van der Waals surface area contributed by atoms with Gasteiger partial charge in [0.25, 0.3) is 0 Å². The maximum Gasteiger partial charge on any atom is 0.189 e. The number of rotatable bonds is 5. The van der Waals surface area contributed by atoms with Crippen molar-refractivity contribution in [3.05, 3.63) is 41.1 Å². The third-order valence-corrected chi connectivity index (χ3v) is 4.50. The van der Waals surface area contributed by atoms with Gasteiger partial charge >= 0.3 is 0 Å². The molecule has 0 radical (unpaired) electrons. The molecule has 0 amide bonds. The molecule has 1 unspecified atom stereocenters. The number of thioether (sulfide) groups is 1. The monoisotopic (exact) mass is 317 g/mol.